The van der Waals surface area contributed by atoms with Gasteiger partial charge in [0.1, 0.15) is 5.69 Å². The van der Waals surface area contributed by atoms with Crippen molar-refractivity contribution < 1.29 is 9.90 Å². The Morgan fingerprint density at radius 3 is 3.05 bits per heavy atom. The molecule has 0 bridgehead atoms. The molecule has 5 nitrogen and oxygen atoms in total. The molecular formula is C15H24BrN3O2. The number of carbonyl (C=O) groups is 1. The van der Waals surface area contributed by atoms with E-state index >= 15 is 0 Å². The highest BCUT2D eigenvalue weighted by molar-refractivity contribution is 9.10. The first-order chi connectivity index (χ1) is 10.2. The van der Waals surface area contributed by atoms with Gasteiger partial charge in [0.2, 0.25) is 0 Å². The quantitative estimate of drug-likeness (QED) is 0.782. The number of nitrogens with one attached hydrogen (secondary N) is 1. The number of halogens is 1. The SMILES string of the molecule is CCCn1cc(Br)cc1C(=O)N(CCO)CC1CCCN1. The van der Waals surface area contributed by atoms with Crippen molar-refractivity contribution in [2.45, 2.75) is 38.8 Å². The van der Waals surface area contributed by atoms with Crippen molar-refractivity contribution in [2.75, 3.05) is 26.2 Å². The average molecular weight is 358 g/mol. The van der Waals surface area contributed by atoms with Gasteiger partial charge in [0, 0.05) is 36.3 Å². The van der Waals surface area contributed by atoms with Crippen LogP contribution in [0.3, 0.4) is 0 Å². The lowest BCUT2D eigenvalue weighted by Crippen LogP contribution is -2.43. The molecule has 6 heteroatoms. The molecule has 0 aliphatic carbocycles. The standard InChI is InChI=1S/C15H24BrN3O2/c1-2-6-18-10-12(16)9-14(18)15(21)19(7-8-20)11-13-4-3-5-17-13/h9-10,13,17,20H,2-8,11H2,1H3. The number of aromatic nitrogens is 1. The van der Waals surface area contributed by atoms with Gasteiger partial charge in [-0.2, -0.15) is 0 Å². The number of hydrogen-bond acceptors (Lipinski definition) is 3. The molecule has 118 valence electrons. The summed E-state index contributed by atoms with van der Waals surface area (Å²) >= 11 is 3.44. The van der Waals surface area contributed by atoms with E-state index in [1.807, 2.05) is 16.8 Å². The topological polar surface area (TPSA) is 57.5 Å². The Bertz CT molecular complexity index is 469. The first kappa shape index (κ1) is 16.5. The molecule has 0 radical (unpaired) electrons. The average Bonchev–Trinajstić information content (AvgIpc) is 3.08. The van der Waals surface area contributed by atoms with E-state index in [1.165, 1.54) is 0 Å². The minimum atomic E-state index is -0.00584. The molecule has 0 saturated carbocycles. The minimum absolute atomic E-state index is 0.00287. The summed E-state index contributed by atoms with van der Waals surface area (Å²) in [4.78, 5) is 14.5. The van der Waals surface area contributed by atoms with Crippen molar-refractivity contribution in [3.05, 3.63) is 22.4 Å². The smallest absolute Gasteiger partial charge is 0.270 e. The molecule has 2 N–H and O–H groups in total. The molecule has 1 saturated heterocycles. The molecule has 1 aliphatic heterocycles. The van der Waals surface area contributed by atoms with Crippen LogP contribution in [0.5, 0.6) is 0 Å². The third-order valence-corrected chi connectivity index (χ3v) is 4.24. The van der Waals surface area contributed by atoms with Crippen molar-refractivity contribution in [1.29, 1.82) is 0 Å². The number of hydrogen-bond donors (Lipinski definition) is 2. The Balaban J connectivity index is 2.12. The monoisotopic (exact) mass is 357 g/mol. The predicted molar refractivity (Wildman–Crippen MR) is 86.4 cm³/mol. The van der Waals surface area contributed by atoms with Gasteiger partial charge in [-0.1, -0.05) is 6.92 Å². The zero-order valence-electron chi connectivity index (χ0n) is 12.5. The highest BCUT2D eigenvalue weighted by Crippen LogP contribution is 2.18. The fraction of sp³-hybridized carbons (Fsp3) is 0.667. The normalized spacial score (nSPS) is 18.1. The van der Waals surface area contributed by atoms with E-state index in [1.54, 1.807) is 4.90 Å². The summed E-state index contributed by atoms with van der Waals surface area (Å²) in [7, 11) is 0. The van der Waals surface area contributed by atoms with Gasteiger partial charge in [-0.05, 0) is 47.8 Å². The van der Waals surface area contributed by atoms with Crippen molar-refractivity contribution in [3.8, 4) is 0 Å². The van der Waals surface area contributed by atoms with E-state index < -0.39 is 0 Å². The largest absolute Gasteiger partial charge is 0.395 e. The fourth-order valence-electron chi connectivity index (χ4n) is 2.82. The molecule has 21 heavy (non-hydrogen) atoms. The van der Waals surface area contributed by atoms with Gasteiger partial charge in [-0.15, -0.1) is 0 Å². The summed E-state index contributed by atoms with van der Waals surface area (Å²) < 4.78 is 2.90. The minimum Gasteiger partial charge on any atom is -0.395 e. The summed E-state index contributed by atoms with van der Waals surface area (Å²) in [5.74, 6) is -0.00287. The summed E-state index contributed by atoms with van der Waals surface area (Å²) in [6.07, 6.45) is 5.17. The van der Waals surface area contributed by atoms with E-state index in [-0.39, 0.29) is 12.5 Å². The summed E-state index contributed by atoms with van der Waals surface area (Å²) in [6.45, 7) is 4.97. The fourth-order valence-corrected chi connectivity index (χ4v) is 3.28. The zero-order valence-corrected chi connectivity index (χ0v) is 14.1. The van der Waals surface area contributed by atoms with Crippen molar-refractivity contribution in [3.63, 3.8) is 0 Å². The van der Waals surface area contributed by atoms with Crippen LogP contribution in [0.15, 0.2) is 16.7 Å². The Labute approximate surface area is 134 Å². The van der Waals surface area contributed by atoms with E-state index in [4.69, 9.17) is 0 Å². The summed E-state index contributed by atoms with van der Waals surface area (Å²) in [5, 5.41) is 12.7. The van der Waals surface area contributed by atoms with Crippen LogP contribution >= 0.6 is 15.9 Å². The molecule has 1 atom stereocenters. The third-order valence-electron chi connectivity index (χ3n) is 3.81. The molecule has 0 spiro atoms. The first-order valence-corrected chi connectivity index (χ1v) is 8.44. The van der Waals surface area contributed by atoms with Gasteiger partial charge in [0.05, 0.1) is 6.61 Å². The Morgan fingerprint density at radius 1 is 1.62 bits per heavy atom. The van der Waals surface area contributed by atoms with Gasteiger partial charge in [0.15, 0.2) is 0 Å². The summed E-state index contributed by atoms with van der Waals surface area (Å²) in [5.41, 5.74) is 0.690. The highest BCUT2D eigenvalue weighted by atomic mass is 79.9. The number of amides is 1. The molecular weight excluding hydrogens is 334 g/mol. The Kier molecular flexibility index (Phi) is 6.26. The molecule has 1 aromatic heterocycles. The maximum Gasteiger partial charge on any atom is 0.270 e. The van der Waals surface area contributed by atoms with E-state index in [0.717, 1.165) is 36.8 Å². The predicted octanol–water partition coefficient (Wildman–Crippen LogP) is 1.85. The van der Waals surface area contributed by atoms with Crippen LogP contribution in [-0.4, -0.2) is 52.8 Å². The highest BCUT2D eigenvalue weighted by Gasteiger charge is 2.24. The molecule has 2 rings (SSSR count). The second-order valence-electron chi connectivity index (χ2n) is 5.51. The van der Waals surface area contributed by atoms with Crippen molar-refractivity contribution >= 4 is 21.8 Å². The molecule has 0 aromatic carbocycles. The molecule has 1 unspecified atom stereocenters. The lowest BCUT2D eigenvalue weighted by molar-refractivity contribution is 0.0695. The van der Waals surface area contributed by atoms with Crippen LogP contribution in [0.1, 0.15) is 36.7 Å². The molecule has 1 amide bonds. The molecule has 1 fully saturated rings. The first-order valence-electron chi connectivity index (χ1n) is 7.65. The number of aliphatic hydroxyl groups is 1. The van der Waals surface area contributed by atoms with Gasteiger partial charge in [-0.25, -0.2) is 0 Å². The Hall–Kier alpha value is -0.850. The van der Waals surface area contributed by atoms with E-state index in [0.29, 0.717) is 24.8 Å². The van der Waals surface area contributed by atoms with Crippen LogP contribution in [0.2, 0.25) is 0 Å². The number of aliphatic hydroxyl groups excluding tert-OH is 1. The van der Waals surface area contributed by atoms with Gasteiger partial charge < -0.3 is 19.9 Å². The third kappa shape index (κ3) is 4.31. The molecule has 2 heterocycles. The Morgan fingerprint density at radius 2 is 2.43 bits per heavy atom. The number of nitrogens with zero attached hydrogens (tertiary/aromatic N) is 2. The lowest BCUT2D eigenvalue weighted by atomic mass is 10.2. The van der Waals surface area contributed by atoms with Gasteiger partial charge in [-0.3, -0.25) is 4.79 Å². The van der Waals surface area contributed by atoms with Gasteiger partial charge >= 0.3 is 0 Å². The van der Waals surface area contributed by atoms with Crippen LogP contribution in [-0.2, 0) is 6.54 Å². The zero-order chi connectivity index (χ0) is 15.2. The van der Waals surface area contributed by atoms with E-state index in [2.05, 4.69) is 28.2 Å². The lowest BCUT2D eigenvalue weighted by Gasteiger charge is -2.25. The number of aryl methyl sites for hydroxylation is 1. The maximum atomic E-state index is 12.8. The number of carbonyl (C=O) groups excluding carboxylic acids is 1. The van der Waals surface area contributed by atoms with Crippen LogP contribution in [0.25, 0.3) is 0 Å². The second kappa shape index (κ2) is 7.96. The molecule has 1 aliphatic rings. The van der Waals surface area contributed by atoms with E-state index in [9.17, 15) is 9.90 Å². The second-order valence-corrected chi connectivity index (χ2v) is 6.42. The van der Waals surface area contributed by atoms with Crippen LogP contribution < -0.4 is 5.32 Å². The van der Waals surface area contributed by atoms with Crippen molar-refractivity contribution in [1.82, 2.24) is 14.8 Å². The maximum absolute atomic E-state index is 12.8. The van der Waals surface area contributed by atoms with Gasteiger partial charge in [0.25, 0.3) is 5.91 Å². The van der Waals surface area contributed by atoms with Crippen molar-refractivity contribution in [2.24, 2.45) is 0 Å². The molecule has 1 aromatic rings. The van der Waals surface area contributed by atoms with Crippen LogP contribution in [0.4, 0.5) is 0 Å². The number of rotatable bonds is 7. The summed E-state index contributed by atoms with van der Waals surface area (Å²) in [6, 6.07) is 2.21. The van der Waals surface area contributed by atoms with Crippen LogP contribution in [0, 0.1) is 0 Å².